The maximum atomic E-state index is 13.5. The molecule has 1 fully saturated rings. The highest BCUT2D eigenvalue weighted by atomic mass is 79.9. The molecule has 29 heavy (non-hydrogen) atoms. The molecule has 152 valence electrons. The van der Waals surface area contributed by atoms with Crippen molar-refractivity contribution in [1.29, 1.82) is 0 Å². The number of ether oxygens (including phenoxy) is 1. The summed E-state index contributed by atoms with van der Waals surface area (Å²) >= 11 is 3.62. The number of piperidine rings is 1. The summed E-state index contributed by atoms with van der Waals surface area (Å²) < 4.78 is 21.0. The minimum absolute atomic E-state index is 0.0935. The van der Waals surface area contributed by atoms with Crippen molar-refractivity contribution in [2.24, 2.45) is 0 Å². The van der Waals surface area contributed by atoms with E-state index < -0.39 is 0 Å². The lowest BCUT2D eigenvalue weighted by Crippen LogP contribution is -2.44. The Balaban J connectivity index is 1.60. The molecule has 0 spiro atoms. The molecule has 3 nitrogen and oxygen atoms in total. The Hall–Kier alpha value is -1.82. The van der Waals surface area contributed by atoms with Gasteiger partial charge < -0.3 is 9.64 Å². The number of hydrogen-bond donors (Lipinski definition) is 0. The predicted molar refractivity (Wildman–Crippen MR) is 119 cm³/mol. The van der Waals surface area contributed by atoms with E-state index in [1.165, 1.54) is 0 Å². The van der Waals surface area contributed by atoms with Crippen LogP contribution in [-0.4, -0.2) is 36.6 Å². The van der Waals surface area contributed by atoms with Crippen molar-refractivity contribution in [1.82, 2.24) is 9.88 Å². The molecule has 1 atom stereocenters. The summed E-state index contributed by atoms with van der Waals surface area (Å²) in [6.45, 7) is 4.71. The second-order valence-corrected chi connectivity index (χ2v) is 9.03. The summed E-state index contributed by atoms with van der Waals surface area (Å²) in [6.07, 6.45) is 3.73. The lowest BCUT2D eigenvalue weighted by Gasteiger charge is -2.41. The third-order valence-electron chi connectivity index (χ3n) is 6.15. The molecule has 1 aromatic heterocycles. The minimum Gasteiger partial charge on any atom is -0.373 e. The molecule has 1 aliphatic heterocycles. The Labute approximate surface area is 180 Å². The molecule has 5 heteroatoms. The largest absolute Gasteiger partial charge is 0.373 e. The maximum absolute atomic E-state index is 13.5. The molecular weight excluding hydrogens is 431 g/mol. The van der Waals surface area contributed by atoms with Gasteiger partial charge in [0.25, 0.3) is 0 Å². The van der Waals surface area contributed by atoms with Gasteiger partial charge >= 0.3 is 0 Å². The van der Waals surface area contributed by atoms with Gasteiger partial charge in [-0.2, -0.15) is 0 Å². The number of rotatable bonds is 5. The Morgan fingerprint density at radius 1 is 1.17 bits per heavy atom. The number of likely N-dealkylation sites (tertiary alicyclic amines) is 1. The van der Waals surface area contributed by atoms with Gasteiger partial charge in [-0.15, -0.1) is 0 Å². The third-order valence-corrected chi connectivity index (χ3v) is 6.61. The molecule has 0 radical (unpaired) electrons. The Morgan fingerprint density at radius 3 is 2.62 bits per heavy atom. The van der Waals surface area contributed by atoms with Crippen LogP contribution in [0.2, 0.25) is 0 Å². The fourth-order valence-corrected chi connectivity index (χ4v) is 4.73. The number of nitrogens with zero attached hydrogens (tertiary/aromatic N) is 2. The van der Waals surface area contributed by atoms with Gasteiger partial charge in [0.2, 0.25) is 0 Å². The summed E-state index contributed by atoms with van der Waals surface area (Å²) in [7, 11) is 2.15. The zero-order valence-electron chi connectivity index (χ0n) is 16.9. The fraction of sp³-hybridized carbons (Fsp3) is 0.375. The third kappa shape index (κ3) is 4.37. The van der Waals surface area contributed by atoms with Crippen LogP contribution < -0.4 is 0 Å². The van der Waals surface area contributed by atoms with Crippen molar-refractivity contribution >= 4 is 26.8 Å². The van der Waals surface area contributed by atoms with Crippen LogP contribution >= 0.6 is 15.9 Å². The van der Waals surface area contributed by atoms with Gasteiger partial charge in [0, 0.05) is 27.0 Å². The monoisotopic (exact) mass is 456 g/mol. The molecule has 0 saturated carbocycles. The molecule has 1 unspecified atom stereocenters. The van der Waals surface area contributed by atoms with Gasteiger partial charge in [-0.05, 0) is 75.8 Å². The van der Waals surface area contributed by atoms with Gasteiger partial charge in [0.05, 0.1) is 18.2 Å². The highest BCUT2D eigenvalue weighted by Gasteiger charge is 2.36. The SMILES string of the molecule is CC(OCC1(c2ccc(F)cc2)CCN(C)CC1)c1cc(Br)cc2cccnc12. The normalized spacial score (nSPS) is 18.1. The Kier molecular flexibility index (Phi) is 6.00. The zero-order valence-corrected chi connectivity index (χ0v) is 18.5. The van der Waals surface area contributed by atoms with Gasteiger partial charge in [0.1, 0.15) is 5.82 Å². The van der Waals surface area contributed by atoms with Gasteiger partial charge in [0.15, 0.2) is 0 Å². The van der Waals surface area contributed by atoms with E-state index in [-0.39, 0.29) is 17.3 Å². The maximum Gasteiger partial charge on any atom is 0.123 e. The number of halogens is 2. The van der Waals surface area contributed by atoms with Crippen LogP contribution in [0.5, 0.6) is 0 Å². The van der Waals surface area contributed by atoms with Crippen LogP contribution in [0.4, 0.5) is 4.39 Å². The van der Waals surface area contributed by atoms with Gasteiger partial charge in [-0.1, -0.05) is 34.1 Å². The highest BCUT2D eigenvalue weighted by molar-refractivity contribution is 9.10. The first kappa shape index (κ1) is 20.5. The van der Waals surface area contributed by atoms with E-state index in [4.69, 9.17) is 4.74 Å². The number of fused-ring (bicyclic) bond motifs is 1. The van der Waals surface area contributed by atoms with Crippen LogP contribution in [0.25, 0.3) is 10.9 Å². The molecule has 4 rings (SSSR count). The molecule has 2 heterocycles. The quantitative estimate of drug-likeness (QED) is 0.479. The van der Waals surface area contributed by atoms with Gasteiger partial charge in [-0.3, -0.25) is 4.98 Å². The topological polar surface area (TPSA) is 25.4 Å². The second-order valence-electron chi connectivity index (χ2n) is 8.11. The van der Waals surface area contributed by atoms with Crippen LogP contribution in [0.3, 0.4) is 0 Å². The van der Waals surface area contributed by atoms with E-state index in [1.54, 1.807) is 12.1 Å². The lowest BCUT2D eigenvalue weighted by molar-refractivity contribution is 0.00694. The van der Waals surface area contributed by atoms with E-state index in [0.717, 1.165) is 52.4 Å². The molecule has 0 amide bonds. The zero-order chi connectivity index (χ0) is 20.4. The summed E-state index contributed by atoms with van der Waals surface area (Å²) in [5.74, 6) is -0.196. The molecule has 0 aliphatic carbocycles. The molecule has 0 N–H and O–H groups in total. The summed E-state index contributed by atoms with van der Waals surface area (Å²) in [5.41, 5.74) is 3.12. The molecule has 1 saturated heterocycles. The summed E-state index contributed by atoms with van der Waals surface area (Å²) in [4.78, 5) is 6.93. The van der Waals surface area contributed by atoms with Crippen molar-refractivity contribution in [2.75, 3.05) is 26.7 Å². The number of pyridine rings is 1. The van der Waals surface area contributed by atoms with Crippen molar-refractivity contribution in [3.8, 4) is 0 Å². The average Bonchev–Trinajstić information content (AvgIpc) is 2.73. The smallest absolute Gasteiger partial charge is 0.123 e. The van der Waals surface area contributed by atoms with Crippen LogP contribution in [-0.2, 0) is 10.2 Å². The van der Waals surface area contributed by atoms with E-state index >= 15 is 0 Å². The van der Waals surface area contributed by atoms with Crippen molar-refractivity contribution in [2.45, 2.75) is 31.3 Å². The van der Waals surface area contributed by atoms with Gasteiger partial charge in [-0.25, -0.2) is 4.39 Å². The Morgan fingerprint density at radius 2 is 1.90 bits per heavy atom. The fourth-order valence-electron chi connectivity index (χ4n) is 4.23. The first-order valence-corrected chi connectivity index (χ1v) is 10.9. The molecule has 0 bridgehead atoms. The summed E-state index contributed by atoms with van der Waals surface area (Å²) in [6, 6.07) is 15.2. The van der Waals surface area contributed by atoms with Crippen molar-refractivity contribution < 1.29 is 9.13 Å². The highest BCUT2D eigenvalue weighted by Crippen LogP contribution is 2.38. The average molecular weight is 457 g/mol. The molecule has 1 aliphatic rings. The minimum atomic E-state index is -0.196. The van der Waals surface area contributed by atoms with E-state index in [0.29, 0.717) is 6.61 Å². The Bertz CT molecular complexity index is 984. The van der Waals surface area contributed by atoms with Crippen LogP contribution in [0.1, 0.15) is 37.0 Å². The number of aromatic nitrogens is 1. The van der Waals surface area contributed by atoms with E-state index in [1.807, 2.05) is 24.4 Å². The first-order valence-electron chi connectivity index (χ1n) is 10.1. The van der Waals surface area contributed by atoms with Crippen LogP contribution in [0.15, 0.2) is 59.2 Å². The lowest BCUT2D eigenvalue weighted by atomic mass is 9.73. The number of hydrogen-bond acceptors (Lipinski definition) is 3. The molecule has 2 aromatic carbocycles. The van der Waals surface area contributed by atoms with E-state index in [2.05, 4.69) is 58.0 Å². The second kappa shape index (κ2) is 8.50. The molecule has 3 aromatic rings. The summed E-state index contributed by atoms with van der Waals surface area (Å²) in [5, 5.41) is 1.10. The first-order chi connectivity index (χ1) is 14.0. The van der Waals surface area contributed by atoms with Crippen molar-refractivity contribution in [3.05, 3.63) is 76.1 Å². The molecular formula is C24H26BrFN2O. The predicted octanol–water partition coefficient (Wildman–Crippen LogP) is 5.88. The standard InChI is InChI=1S/C24H26BrFN2O/c1-17(22-15-20(25)14-18-4-3-11-27-23(18)22)29-16-24(9-12-28(2)13-10-24)19-5-7-21(26)8-6-19/h3-8,11,14-15,17H,9-10,12-13,16H2,1-2H3. The van der Waals surface area contributed by atoms with Crippen molar-refractivity contribution in [3.63, 3.8) is 0 Å². The van der Waals surface area contributed by atoms with Crippen LogP contribution in [0, 0.1) is 5.82 Å². The number of benzene rings is 2. The van der Waals surface area contributed by atoms with E-state index in [9.17, 15) is 4.39 Å².